The number of hydrogen-bond acceptors (Lipinski definition) is 6. The lowest BCUT2D eigenvalue weighted by atomic mass is 10.1. The zero-order chi connectivity index (χ0) is 19.9. The van der Waals surface area contributed by atoms with Crippen molar-refractivity contribution < 1.29 is 19.0 Å². The molecular formula is C20H21N3O4S. The molecule has 0 spiro atoms. The quantitative estimate of drug-likeness (QED) is 0.585. The molecule has 0 unspecified atom stereocenters. The molecule has 0 aliphatic rings. The average Bonchev–Trinajstić information content (AvgIpc) is 3.38. The van der Waals surface area contributed by atoms with Crippen molar-refractivity contribution in [3.63, 3.8) is 0 Å². The maximum absolute atomic E-state index is 12.3. The van der Waals surface area contributed by atoms with Crippen molar-refractivity contribution >= 4 is 29.1 Å². The molecule has 8 heteroatoms. The smallest absolute Gasteiger partial charge is 0.249 e. The molecule has 0 atom stereocenters. The number of ether oxygens (including phenoxy) is 3. The van der Waals surface area contributed by atoms with E-state index in [1.807, 2.05) is 11.4 Å². The molecule has 0 fully saturated rings. The van der Waals surface area contributed by atoms with Gasteiger partial charge < -0.3 is 19.5 Å². The fraction of sp³-hybridized carbons (Fsp3) is 0.200. The van der Waals surface area contributed by atoms with Crippen molar-refractivity contribution in [2.75, 3.05) is 26.6 Å². The standard InChI is InChI=1S/C20H21N3O4S/c1-25-16-10-14(11-17(26-2)20(16)27-3)4-5-19(24)22-18-6-8-21-23(18)12-15-7-9-28-13-15/h4-11,13H,12H2,1-3H3,(H,22,24). The van der Waals surface area contributed by atoms with Gasteiger partial charge in [0.25, 0.3) is 0 Å². The predicted octanol–water partition coefficient (Wildman–Crippen LogP) is 3.67. The topological polar surface area (TPSA) is 74.6 Å². The lowest BCUT2D eigenvalue weighted by Gasteiger charge is -2.12. The molecule has 28 heavy (non-hydrogen) atoms. The second-order valence-corrected chi connectivity index (χ2v) is 6.57. The van der Waals surface area contributed by atoms with Crippen LogP contribution in [0.5, 0.6) is 17.2 Å². The van der Waals surface area contributed by atoms with Gasteiger partial charge in [0.1, 0.15) is 5.82 Å². The Morgan fingerprint density at radius 1 is 1.18 bits per heavy atom. The zero-order valence-corrected chi connectivity index (χ0v) is 16.7. The number of aromatic nitrogens is 2. The van der Waals surface area contributed by atoms with Gasteiger partial charge in [-0.15, -0.1) is 0 Å². The minimum Gasteiger partial charge on any atom is -0.493 e. The van der Waals surface area contributed by atoms with Crippen LogP contribution in [0.2, 0.25) is 0 Å². The molecule has 0 bridgehead atoms. The molecule has 2 heterocycles. The van der Waals surface area contributed by atoms with Gasteiger partial charge in [-0.3, -0.25) is 4.79 Å². The van der Waals surface area contributed by atoms with Gasteiger partial charge in [0.2, 0.25) is 11.7 Å². The maximum atomic E-state index is 12.3. The number of methoxy groups -OCH3 is 3. The molecule has 3 aromatic rings. The molecule has 2 aromatic heterocycles. The molecular weight excluding hydrogens is 378 g/mol. The fourth-order valence-electron chi connectivity index (χ4n) is 2.66. The van der Waals surface area contributed by atoms with Crippen LogP contribution < -0.4 is 19.5 Å². The maximum Gasteiger partial charge on any atom is 0.249 e. The number of anilines is 1. The number of carbonyl (C=O) groups is 1. The van der Waals surface area contributed by atoms with Gasteiger partial charge in [-0.25, -0.2) is 4.68 Å². The molecule has 0 saturated heterocycles. The van der Waals surface area contributed by atoms with Crippen LogP contribution in [0.4, 0.5) is 5.82 Å². The van der Waals surface area contributed by atoms with Gasteiger partial charge in [-0.2, -0.15) is 16.4 Å². The fourth-order valence-corrected chi connectivity index (χ4v) is 3.32. The number of thiophene rings is 1. The van der Waals surface area contributed by atoms with Crippen molar-refractivity contribution in [1.29, 1.82) is 0 Å². The van der Waals surface area contributed by atoms with E-state index in [-0.39, 0.29) is 5.91 Å². The van der Waals surface area contributed by atoms with Crippen LogP contribution in [-0.2, 0) is 11.3 Å². The van der Waals surface area contributed by atoms with Crippen molar-refractivity contribution in [2.24, 2.45) is 0 Å². The van der Waals surface area contributed by atoms with Gasteiger partial charge in [0.05, 0.1) is 34.1 Å². The lowest BCUT2D eigenvalue weighted by Crippen LogP contribution is -2.13. The zero-order valence-electron chi connectivity index (χ0n) is 15.8. The van der Waals surface area contributed by atoms with E-state index in [0.717, 1.165) is 11.1 Å². The van der Waals surface area contributed by atoms with Crippen LogP contribution in [0.15, 0.2) is 47.3 Å². The third-order valence-electron chi connectivity index (χ3n) is 3.99. The van der Waals surface area contributed by atoms with Crippen LogP contribution >= 0.6 is 11.3 Å². The van der Waals surface area contributed by atoms with Crippen LogP contribution in [0, 0.1) is 0 Å². The monoisotopic (exact) mass is 399 g/mol. The molecule has 1 aromatic carbocycles. The Bertz CT molecular complexity index is 939. The Labute approximate surface area is 167 Å². The number of carbonyl (C=O) groups excluding carboxylic acids is 1. The first-order chi connectivity index (χ1) is 13.6. The minimum absolute atomic E-state index is 0.263. The van der Waals surface area contributed by atoms with Crippen molar-refractivity contribution in [3.05, 3.63) is 58.4 Å². The van der Waals surface area contributed by atoms with E-state index >= 15 is 0 Å². The molecule has 1 amide bonds. The molecule has 146 valence electrons. The third-order valence-corrected chi connectivity index (χ3v) is 4.73. The Hall–Kier alpha value is -3.26. The third kappa shape index (κ3) is 4.52. The predicted molar refractivity (Wildman–Crippen MR) is 109 cm³/mol. The summed E-state index contributed by atoms with van der Waals surface area (Å²) in [5, 5.41) is 11.2. The number of hydrogen-bond donors (Lipinski definition) is 1. The number of amides is 1. The largest absolute Gasteiger partial charge is 0.493 e. The molecule has 7 nitrogen and oxygen atoms in total. The Morgan fingerprint density at radius 2 is 1.93 bits per heavy atom. The molecule has 0 saturated carbocycles. The normalized spacial score (nSPS) is 10.8. The van der Waals surface area contributed by atoms with Crippen LogP contribution in [0.3, 0.4) is 0 Å². The van der Waals surface area contributed by atoms with Gasteiger partial charge in [-0.05, 0) is 46.2 Å². The molecule has 0 radical (unpaired) electrons. The second-order valence-electron chi connectivity index (χ2n) is 5.79. The van der Waals surface area contributed by atoms with Crippen molar-refractivity contribution in [2.45, 2.75) is 6.54 Å². The highest BCUT2D eigenvalue weighted by Gasteiger charge is 2.12. The summed E-state index contributed by atoms with van der Waals surface area (Å²) in [6.07, 6.45) is 4.78. The van der Waals surface area contributed by atoms with E-state index in [4.69, 9.17) is 14.2 Å². The Kier molecular flexibility index (Phi) is 6.33. The van der Waals surface area contributed by atoms with E-state index < -0.39 is 0 Å². The number of rotatable bonds is 8. The highest BCUT2D eigenvalue weighted by Crippen LogP contribution is 2.38. The van der Waals surface area contributed by atoms with Crippen LogP contribution in [0.1, 0.15) is 11.1 Å². The van der Waals surface area contributed by atoms with E-state index in [1.54, 1.807) is 67.8 Å². The van der Waals surface area contributed by atoms with E-state index in [1.165, 1.54) is 6.08 Å². The number of benzene rings is 1. The summed E-state index contributed by atoms with van der Waals surface area (Å²) < 4.78 is 17.7. The van der Waals surface area contributed by atoms with E-state index in [2.05, 4.69) is 15.8 Å². The minimum atomic E-state index is -0.263. The van der Waals surface area contributed by atoms with Crippen LogP contribution in [-0.4, -0.2) is 37.0 Å². The highest BCUT2D eigenvalue weighted by atomic mass is 32.1. The van der Waals surface area contributed by atoms with Gasteiger partial charge in [-0.1, -0.05) is 0 Å². The Morgan fingerprint density at radius 3 is 2.54 bits per heavy atom. The van der Waals surface area contributed by atoms with E-state index in [0.29, 0.717) is 29.6 Å². The summed E-state index contributed by atoms with van der Waals surface area (Å²) in [4.78, 5) is 12.3. The summed E-state index contributed by atoms with van der Waals surface area (Å²) in [6, 6.07) is 7.33. The van der Waals surface area contributed by atoms with Crippen LogP contribution in [0.25, 0.3) is 6.08 Å². The lowest BCUT2D eigenvalue weighted by molar-refractivity contribution is -0.111. The second kappa shape index (κ2) is 9.09. The van der Waals surface area contributed by atoms with Crippen molar-refractivity contribution in [3.8, 4) is 17.2 Å². The summed E-state index contributed by atoms with van der Waals surface area (Å²) in [7, 11) is 4.64. The Balaban J connectivity index is 1.72. The van der Waals surface area contributed by atoms with E-state index in [9.17, 15) is 4.79 Å². The average molecular weight is 399 g/mol. The highest BCUT2D eigenvalue weighted by molar-refractivity contribution is 7.07. The summed E-state index contributed by atoms with van der Waals surface area (Å²) >= 11 is 1.63. The van der Waals surface area contributed by atoms with Gasteiger partial charge >= 0.3 is 0 Å². The molecule has 3 rings (SSSR count). The number of nitrogens with zero attached hydrogens (tertiary/aromatic N) is 2. The van der Waals surface area contributed by atoms with Gasteiger partial charge in [0.15, 0.2) is 11.5 Å². The summed E-state index contributed by atoms with van der Waals surface area (Å²) in [5.74, 6) is 1.92. The molecule has 1 N–H and O–H groups in total. The van der Waals surface area contributed by atoms with Gasteiger partial charge in [0, 0.05) is 12.1 Å². The first-order valence-corrected chi connectivity index (χ1v) is 9.41. The summed E-state index contributed by atoms with van der Waals surface area (Å²) in [5.41, 5.74) is 1.88. The first-order valence-electron chi connectivity index (χ1n) is 8.46. The number of nitrogens with one attached hydrogen (secondary N) is 1. The summed E-state index contributed by atoms with van der Waals surface area (Å²) in [6.45, 7) is 0.600. The molecule has 0 aliphatic heterocycles. The molecule has 0 aliphatic carbocycles. The van der Waals surface area contributed by atoms with Crippen molar-refractivity contribution in [1.82, 2.24) is 9.78 Å². The first kappa shape index (κ1) is 19.5. The SMILES string of the molecule is COc1cc(C=CC(=O)Nc2ccnn2Cc2ccsc2)cc(OC)c1OC.